The summed E-state index contributed by atoms with van der Waals surface area (Å²) in [5.74, 6) is -0.662. The molecule has 0 saturated heterocycles. The second-order valence-corrected chi connectivity index (χ2v) is 12.7. The van der Waals surface area contributed by atoms with Crippen LogP contribution in [0.5, 0.6) is 11.5 Å². The number of ether oxygens (including phenoxy) is 2. The van der Waals surface area contributed by atoms with Crippen LogP contribution >= 0.6 is 11.6 Å². The summed E-state index contributed by atoms with van der Waals surface area (Å²) >= 11 is 6.00. The van der Waals surface area contributed by atoms with Crippen molar-refractivity contribution in [2.45, 2.75) is 38.3 Å². The molecule has 1 heterocycles. The third kappa shape index (κ3) is 6.76. The van der Waals surface area contributed by atoms with Crippen molar-refractivity contribution in [2.24, 2.45) is 10.9 Å². The van der Waals surface area contributed by atoms with Gasteiger partial charge in [-0.15, -0.1) is 0 Å². The Kier molecular flexibility index (Phi) is 9.09. The lowest BCUT2D eigenvalue weighted by molar-refractivity contribution is -0.123. The molecular weight excluding hydrogens is 636 g/mol. The molecule has 2 aliphatic rings. The molecule has 0 aromatic heterocycles. The van der Waals surface area contributed by atoms with Crippen molar-refractivity contribution in [1.29, 1.82) is 0 Å². The number of benzene rings is 5. The number of aliphatic imine (C=N–C) groups is 1. The molecule has 7 rings (SSSR count). The summed E-state index contributed by atoms with van der Waals surface area (Å²) in [4.78, 5) is 47.8. The van der Waals surface area contributed by atoms with E-state index in [9.17, 15) is 14.4 Å². The highest BCUT2D eigenvalue weighted by atomic mass is 35.5. The predicted molar refractivity (Wildman–Crippen MR) is 190 cm³/mol. The van der Waals surface area contributed by atoms with Crippen molar-refractivity contribution in [3.8, 4) is 11.5 Å². The van der Waals surface area contributed by atoms with E-state index in [1.807, 2.05) is 84.9 Å². The van der Waals surface area contributed by atoms with Gasteiger partial charge in [0.1, 0.15) is 23.9 Å². The normalized spacial score (nSPS) is 18.4. The van der Waals surface area contributed by atoms with E-state index < -0.39 is 17.9 Å². The molecule has 1 aliphatic heterocycles. The fourth-order valence-corrected chi connectivity index (χ4v) is 6.95. The second-order valence-electron chi connectivity index (χ2n) is 12.3. The molecule has 5 aromatic rings. The maximum absolute atomic E-state index is 14.5. The molecule has 0 bridgehead atoms. The lowest BCUT2D eigenvalue weighted by atomic mass is 9.72. The number of carbonyl (C=O) groups excluding carboxylic acids is 3. The quantitative estimate of drug-likeness (QED) is 0.128. The van der Waals surface area contributed by atoms with E-state index in [0.29, 0.717) is 52.0 Å². The summed E-state index contributed by atoms with van der Waals surface area (Å²) in [5, 5.41) is 0.511. The van der Waals surface area contributed by atoms with Crippen LogP contribution in [0.3, 0.4) is 0 Å². The van der Waals surface area contributed by atoms with E-state index in [2.05, 4.69) is 0 Å². The van der Waals surface area contributed by atoms with E-state index >= 15 is 0 Å². The van der Waals surface area contributed by atoms with Crippen LogP contribution in [-0.2, 0) is 16.2 Å². The van der Waals surface area contributed by atoms with E-state index in [1.165, 1.54) is 6.92 Å². The highest BCUT2D eigenvalue weighted by molar-refractivity contribution is 6.30. The lowest BCUT2D eigenvalue weighted by Gasteiger charge is -2.38. The van der Waals surface area contributed by atoms with Crippen molar-refractivity contribution in [3.63, 3.8) is 0 Å². The van der Waals surface area contributed by atoms with Crippen LogP contribution in [0.15, 0.2) is 132 Å². The van der Waals surface area contributed by atoms with Gasteiger partial charge in [-0.1, -0.05) is 84.4 Å². The van der Waals surface area contributed by atoms with Gasteiger partial charge in [0.15, 0.2) is 0 Å². The predicted octanol–water partition coefficient (Wildman–Crippen LogP) is 9.08. The maximum Gasteiger partial charge on any atom is 0.343 e. The van der Waals surface area contributed by atoms with Crippen LogP contribution in [0.1, 0.15) is 58.8 Å². The van der Waals surface area contributed by atoms with Gasteiger partial charge in [0, 0.05) is 24.1 Å². The highest BCUT2D eigenvalue weighted by Gasteiger charge is 2.46. The van der Waals surface area contributed by atoms with Gasteiger partial charge >= 0.3 is 5.97 Å². The Bertz CT molecular complexity index is 2060. The number of esters is 1. The van der Waals surface area contributed by atoms with Gasteiger partial charge in [-0.2, -0.15) is 0 Å². The van der Waals surface area contributed by atoms with Crippen molar-refractivity contribution in [2.75, 3.05) is 4.90 Å². The zero-order valence-electron chi connectivity index (χ0n) is 26.8. The Morgan fingerprint density at radius 3 is 2.37 bits per heavy atom. The number of hydrogen-bond donors (Lipinski definition) is 0. The Labute approximate surface area is 289 Å². The largest absolute Gasteiger partial charge is 0.489 e. The van der Waals surface area contributed by atoms with Gasteiger partial charge in [-0.05, 0) is 83.6 Å². The number of rotatable bonds is 7. The van der Waals surface area contributed by atoms with Crippen LogP contribution in [0.25, 0.3) is 0 Å². The van der Waals surface area contributed by atoms with Crippen molar-refractivity contribution >= 4 is 46.3 Å². The van der Waals surface area contributed by atoms with Crippen molar-refractivity contribution in [3.05, 3.63) is 155 Å². The first kappa shape index (κ1) is 32.0. The van der Waals surface area contributed by atoms with Gasteiger partial charge in [0.25, 0.3) is 0 Å². The Hall–Kier alpha value is -5.53. The minimum absolute atomic E-state index is 0.0273. The summed E-state index contributed by atoms with van der Waals surface area (Å²) in [6.07, 6.45) is 0.753. The second kappa shape index (κ2) is 13.9. The van der Waals surface area contributed by atoms with Crippen LogP contribution < -0.4 is 14.4 Å². The van der Waals surface area contributed by atoms with Crippen LogP contribution in [0.2, 0.25) is 5.02 Å². The number of halogens is 1. The number of hydrogen-bond acceptors (Lipinski definition) is 6. The molecule has 1 amide bonds. The number of amides is 1. The summed E-state index contributed by atoms with van der Waals surface area (Å²) in [6, 6.07) is 38.0. The molecule has 5 aromatic carbocycles. The third-order valence-electron chi connectivity index (χ3n) is 9.03. The van der Waals surface area contributed by atoms with Crippen molar-refractivity contribution in [1.82, 2.24) is 0 Å². The smallest absolute Gasteiger partial charge is 0.343 e. The molecule has 1 saturated carbocycles. The standard InChI is InChI=1S/C41H33ClN2O5/c1-26(45)44-36-16-7-6-15-34(36)43-35-23-30(33-14-5-8-17-38(33)48-25-27-10-3-2-4-11-27)24-37(46)39(35)40(44)29-12-9-13-32(22-29)49-41(47)28-18-20-31(42)21-19-28/h2-22,30,39-40H,23-25H2,1H3. The molecule has 1 fully saturated rings. The molecule has 0 spiro atoms. The van der Waals surface area contributed by atoms with E-state index in [1.54, 1.807) is 47.4 Å². The first-order chi connectivity index (χ1) is 23.9. The van der Waals surface area contributed by atoms with E-state index in [-0.39, 0.29) is 24.0 Å². The summed E-state index contributed by atoms with van der Waals surface area (Å²) in [5.41, 5.74) is 4.93. The van der Waals surface area contributed by atoms with E-state index in [0.717, 1.165) is 16.9 Å². The van der Waals surface area contributed by atoms with Crippen LogP contribution in [0, 0.1) is 5.92 Å². The highest BCUT2D eigenvalue weighted by Crippen LogP contribution is 2.48. The molecule has 0 radical (unpaired) electrons. The van der Waals surface area contributed by atoms with Gasteiger partial charge < -0.3 is 14.4 Å². The number of fused-ring (bicyclic) bond motifs is 2. The number of carbonyl (C=O) groups is 3. The molecule has 0 N–H and O–H groups in total. The number of Topliss-reactive ketones (excluding diaryl/α,β-unsaturated/α-hetero) is 1. The van der Waals surface area contributed by atoms with Crippen molar-refractivity contribution < 1.29 is 23.9 Å². The van der Waals surface area contributed by atoms with Crippen LogP contribution in [0.4, 0.5) is 11.4 Å². The Morgan fingerprint density at radius 1 is 0.837 bits per heavy atom. The minimum Gasteiger partial charge on any atom is -0.489 e. The van der Waals surface area contributed by atoms with Gasteiger partial charge in [-0.25, -0.2) is 4.79 Å². The minimum atomic E-state index is -0.716. The monoisotopic (exact) mass is 668 g/mol. The first-order valence-electron chi connectivity index (χ1n) is 16.2. The molecule has 49 heavy (non-hydrogen) atoms. The number of ketones is 1. The topological polar surface area (TPSA) is 85.3 Å². The summed E-state index contributed by atoms with van der Waals surface area (Å²) < 4.78 is 12.1. The molecule has 3 atom stereocenters. The molecular formula is C41H33ClN2O5. The maximum atomic E-state index is 14.5. The SMILES string of the molecule is CC(=O)N1c2ccccc2N=C2CC(c3ccccc3OCc3ccccc3)CC(=O)C2C1c1cccc(OC(=O)c2ccc(Cl)cc2)c1. The van der Waals surface area contributed by atoms with Gasteiger partial charge in [0.2, 0.25) is 5.91 Å². The fraction of sp³-hybridized carbons (Fsp3) is 0.171. The van der Waals surface area contributed by atoms with Crippen LogP contribution in [-0.4, -0.2) is 23.4 Å². The summed E-state index contributed by atoms with van der Waals surface area (Å²) in [7, 11) is 0. The zero-order valence-corrected chi connectivity index (χ0v) is 27.5. The molecule has 8 heteroatoms. The molecule has 3 unspecified atom stereocenters. The third-order valence-corrected chi connectivity index (χ3v) is 9.29. The number of para-hydroxylation sites is 3. The molecule has 244 valence electrons. The molecule has 7 nitrogen and oxygen atoms in total. The number of anilines is 1. The van der Waals surface area contributed by atoms with E-state index in [4.69, 9.17) is 26.1 Å². The van der Waals surface area contributed by atoms with Gasteiger partial charge in [-0.3, -0.25) is 14.6 Å². The summed E-state index contributed by atoms with van der Waals surface area (Å²) in [6.45, 7) is 1.90. The molecule has 1 aliphatic carbocycles. The number of nitrogens with zero attached hydrogens (tertiary/aromatic N) is 2. The lowest BCUT2D eigenvalue weighted by Crippen LogP contribution is -2.45. The first-order valence-corrected chi connectivity index (χ1v) is 16.6. The Morgan fingerprint density at radius 2 is 1.57 bits per heavy atom. The van der Waals surface area contributed by atoms with Gasteiger partial charge in [0.05, 0.1) is 28.9 Å². The fourth-order valence-electron chi connectivity index (χ4n) is 6.82. The average molecular weight is 669 g/mol. The Balaban J connectivity index is 1.25. The average Bonchev–Trinajstić information content (AvgIpc) is 3.26. The zero-order chi connectivity index (χ0) is 33.9.